The molecule has 0 unspecified atom stereocenters. The Morgan fingerprint density at radius 3 is 2.56 bits per heavy atom. The minimum atomic E-state index is -0.574. The number of nitrogens with zero attached hydrogens (tertiary/aromatic N) is 5. The molecule has 11 nitrogen and oxygen atoms in total. The van der Waals surface area contributed by atoms with Gasteiger partial charge in [0.25, 0.3) is 11.6 Å². The summed E-state index contributed by atoms with van der Waals surface area (Å²) in [6.07, 6.45) is 1.15. The third-order valence-electron chi connectivity index (χ3n) is 3.35. The second-order valence-corrected chi connectivity index (χ2v) is 5.04. The molecule has 11 heteroatoms. The highest BCUT2D eigenvalue weighted by molar-refractivity contribution is 5.86. The van der Waals surface area contributed by atoms with Gasteiger partial charge in [-0.1, -0.05) is 12.1 Å². The molecule has 0 saturated heterocycles. The fourth-order valence-electron chi connectivity index (χ4n) is 2.21. The van der Waals surface area contributed by atoms with E-state index in [4.69, 9.17) is 0 Å². The summed E-state index contributed by atoms with van der Waals surface area (Å²) in [6.45, 7) is 2.70. The summed E-state index contributed by atoms with van der Waals surface area (Å²) < 4.78 is 1.20. The number of rotatable bonds is 6. The van der Waals surface area contributed by atoms with Crippen molar-refractivity contribution in [2.45, 2.75) is 20.4 Å². The first kappa shape index (κ1) is 17.7. The average Bonchev–Trinajstić information content (AvgIpc) is 2.81. The van der Waals surface area contributed by atoms with Gasteiger partial charge in [0, 0.05) is 6.07 Å². The monoisotopic (exact) mass is 346 g/mol. The fraction of sp³-hybridized carbons (Fsp3) is 0.214. The molecule has 2 rings (SSSR count). The largest absolute Gasteiger partial charge is 0.312 e. The number of nitro groups is 2. The van der Waals surface area contributed by atoms with Crippen molar-refractivity contribution in [2.75, 3.05) is 0 Å². The molecular formula is C14H14N6O5. The van der Waals surface area contributed by atoms with E-state index >= 15 is 0 Å². The summed E-state index contributed by atoms with van der Waals surface area (Å²) in [6, 6.07) is 5.92. The average molecular weight is 346 g/mol. The van der Waals surface area contributed by atoms with E-state index in [1.807, 2.05) is 0 Å². The molecule has 1 aromatic heterocycles. The van der Waals surface area contributed by atoms with E-state index in [1.165, 1.54) is 36.7 Å². The molecule has 0 fully saturated rings. The lowest BCUT2D eigenvalue weighted by Crippen LogP contribution is -2.24. The summed E-state index contributed by atoms with van der Waals surface area (Å²) in [5.74, 6) is -0.574. The van der Waals surface area contributed by atoms with Crippen molar-refractivity contribution >= 4 is 23.5 Å². The maximum absolute atomic E-state index is 11.9. The molecule has 1 aromatic carbocycles. The Bertz CT molecular complexity index is 873. The number of carbonyl (C=O) groups excluding carboxylic acids is 1. The van der Waals surface area contributed by atoms with Crippen molar-refractivity contribution in [2.24, 2.45) is 5.10 Å². The molecule has 25 heavy (non-hydrogen) atoms. The molecule has 0 atom stereocenters. The molecule has 0 bridgehead atoms. The Hall–Kier alpha value is -3.63. The minimum Gasteiger partial charge on any atom is -0.271 e. The summed E-state index contributed by atoms with van der Waals surface area (Å²) in [4.78, 5) is 32.6. The third-order valence-corrected chi connectivity index (χ3v) is 3.35. The number of aromatic nitrogens is 2. The molecule has 1 amide bonds. The van der Waals surface area contributed by atoms with Gasteiger partial charge < -0.3 is 0 Å². The highest BCUT2D eigenvalue weighted by Gasteiger charge is 2.22. The van der Waals surface area contributed by atoms with Crippen molar-refractivity contribution in [1.82, 2.24) is 15.2 Å². The summed E-state index contributed by atoms with van der Waals surface area (Å²) in [5.41, 5.74) is 2.61. The minimum absolute atomic E-state index is 0.142. The summed E-state index contributed by atoms with van der Waals surface area (Å²) in [5, 5.41) is 29.4. The van der Waals surface area contributed by atoms with Gasteiger partial charge in [0.15, 0.2) is 0 Å². The first-order valence-corrected chi connectivity index (χ1v) is 7.05. The second-order valence-electron chi connectivity index (χ2n) is 5.04. The van der Waals surface area contributed by atoms with Crippen LogP contribution in [0.3, 0.4) is 0 Å². The number of aryl methyl sites for hydroxylation is 1. The summed E-state index contributed by atoms with van der Waals surface area (Å²) >= 11 is 0. The normalized spacial score (nSPS) is 10.8. The number of hydrogen-bond donors (Lipinski definition) is 1. The first-order valence-electron chi connectivity index (χ1n) is 7.05. The van der Waals surface area contributed by atoms with Crippen LogP contribution in [-0.4, -0.2) is 31.7 Å². The molecule has 0 aliphatic heterocycles. The van der Waals surface area contributed by atoms with Crippen LogP contribution in [0.5, 0.6) is 0 Å². The van der Waals surface area contributed by atoms with Crippen LogP contribution in [-0.2, 0) is 11.3 Å². The number of hydrogen-bond acceptors (Lipinski definition) is 7. The van der Waals surface area contributed by atoms with Gasteiger partial charge in [0.2, 0.25) is 0 Å². The molecule has 0 radical (unpaired) electrons. The molecule has 1 N–H and O–H groups in total. The standard InChI is InChI=1S/C14H14N6O5/c1-9-14(20(24)25)10(2)18(17-9)8-13(21)16-15-7-11-5-3-4-6-12(11)19(22)23/h3-7H,8H2,1-2H3,(H,16,21)/b15-7+. The van der Waals surface area contributed by atoms with Crippen molar-refractivity contribution in [3.05, 3.63) is 61.4 Å². The van der Waals surface area contributed by atoms with Crippen LogP contribution in [0, 0.1) is 34.1 Å². The lowest BCUT2D eigenvalue weighted by Gasteiger charge is -2.02. The van der Waals surface area contributed by atoms with Crippen LogP contribution >= 0.6 is 0 Å². The molecule has 1 heterocycles. The smallest absolute Gasteiger partial charge is 0.271 e. The van der Waals surface area contributed by atoms with Crippen molar-refractivity contribution in [3.63, 3.8) is 0 Å². The van der Waals surface area contributed by atoms with Gasteiger partial charge in [0.05, 0.1) is 21.6 Å². The molecule has 0 saturated carbocycles. The Balaban J connectivity index is 2.06. The number of nitro benzene ring substituents is 1. The van der Waals surface area contributed by atoms with Crippen LogP contribution in [0.2, 0.25) is 0 Å². The van der Waals surface area contributed by atoms with Gasteiger partial charge in [0.1, 0.15) is 17.9 Å². The maximum Gasteiger partial charge on any atom is 0.312 e. The van der Waals surface area contributed by atoms with Crippen LogP contribution in [0.1, 0.15) is 17.0 Å². The summed E-state index contributed by atoms with van der Waals surface area (Å²) in [7, 11) is 0. The van der Waals surface area contributed by atoms with E-state index in [2.05, 4.69) is 15.6 Å². The van der Waals surface area contributed by atoms with Gasteiger partial charge in [-0.3, -0.25) is 29.7 Å². The molecule has 130 valence electrons. The van der Waals surface area contributed by atoms with Gasteiger partial charge >= 0.3 is 5.69 Å². The third kappa shape index (κ3) is 4.02. The fourth-order valence-corrected chi connectivity index (χ4v) is 2.21. The first-order chi connectivity index (χ1) is 11.8. The van der Waals surface area contributed by atoms with E-state index in [-0.39, 0.29) is 34.9 Å². The van der Waals surface area contributed by atoms with E-state index < -0.39 is 15.8 Å². The van der Waals surface area contributed by atoms with Crippen molar-refractivity contribution < 1.29 is 14.6 Å². The number of nitrogens with one attached hydrogen (secondary N) is 1. The van der Waals surface area contributed by atoms with Crippen molar-refractivity contribution in [3.8, 4) is 0 Å². The number of para-hydroxylation sites is 1. The van der Waals surface area contributed by atoms with Crippen LogP contribution in [0.15, 0.2) is 29.4 Å². The lowest BCUT2D eigenvalue weighted by atomic mass is 10.2. The van der Waals surface area contributed by atoms with Crippen LogP contribution in [0.4, 0.5) is 11.4 Å². The predicted octanol–water partition coefficient (Wildman–Crippen LogP) is 1.47. The maximum atomic E-state index is 11.9. The molecule has 0 aliphatic rings. The predicted molar refractivity (Wildman–Crippen MR) is 87.2 cm³/mol. The van der Waals surface area contributed by atoms with E-state index in [0.717, 1.165) is 6.21 Å². The number of benzene rings is 1. The van der Waals surface area contributed by atoms with E-state index in [9.17, 15) is 25.0 Å². The van der Waals surface area contributed by atoms with Gasteiger partial charge in [-0.25, -0.2) is 5.43 Å². The number of hydrazone groups is 1. The van der Waals surface area contributed by atoms with Crippen LogP contribution in [0.25, 0.3) is 0 Å². The zero-order valence-electron chi connectivity index (χ0n) is 13.4. The topological polar surface area (TPSA) is 146 Å². The SMILES string of the molecule is Cc1nn(CC(=O)N/N=C/c2ccccc2[N+](=O)[O-])c(C)c1[N+](=O)[O-]. The highest BCUT2D eigenvalue weighted by Crippen LogP contribution is 2.21. The zero-order chi connectivity index (χ0) is 18.6. The van der Waals surface area contributed by atoms with E-state index in [1.54, 1.807) is 6.07 Å². The van der Waals surface area contributed by atoms with Gasteiger partial charge in [-0.05, 0) is 19.9 Å². The Morgan fingerprint density at radius 1 is 1.28 bits per heavy atom. The molecule has 0 spiro atoms. The molecular weight excluding hydrogens is 332 g/mol. The number of amides is 1. The lowest BCUT2D eigenvalue weighted by molar-refractivity contribution is -0.386. The van der Waals surface area contributed by atoms with Crippen LogP contribution < -0.4 is 5.43 Å². The zero-order valence-corrected chi connectivity index (χ0v) is 13.4. The Kier molecular flexibility index (Phi) is 5.17. The van der Waals surface area contributed by atoms with E-state index in [0.29, 0.717) is 0 Å². The molecule has 0 aliphatic carbocycles. The van der Waals surface area contributed by atoms with Gasteiger partial charge in [-0.15, -0.1) is 0 Å². The Morgan fingerprint density at radius 2 is 1.96 bits per heavy atom. The molecule has 2 aromatic rings. The second kappa shape index (κ2) is 7.29. The van der Waals surface area contributed by atoms with Gasteiger partial charge in [-0.2, -0.15) is 10.2 Å². The number of carbonyl (C=O) groups is 1. The highest BCUT2D eigenvalue weighted by atomic mass is 16.6. The van der Waals surface area contributed by atoms with Crippen molar-refractivity contribution in [1.29, 1.82) is 0 Å². The Labute approximate surface area is 141 Å². The quantitative estimate of drug-likeness (QED) is 0.476.